The molecule has 2 N–H and O–H groups in total. The van der Waals surface area contributed by atoms with Crippen molar-refractivity contribution in [2.24, 2.45) is 0 Å². The second-order valence-corrected chi connectivity index (χ2v) is 8.81. The van der Waals surface area contributed by atoms with Gasteiger partial charge in [0.2, 0.25) is 0 Å². The number of aliphatic hydroxyl groups excluding tert-OH is 1. The van der Waals surface area contributed by atoms with E-state index < -0.39 is 17.7 Å². The van der Waals surface area contributed by atoms with Crippen LogP contribution < -0.4 is 0 Å². The predicted molar refractivity (Wildman–Crippen MR) is 125 cm³/mol. The molecule has 0 spiro atoms. The maximum atomic E-state index is 13.1. The highest BCUT2D eigenvalue weighted by molar-refractivity contribution is 6.46. The lowest BCUT2D eigenvalue weighted by Crippen LogP contribution is -2.38. The number of aryl methyl sites for hydroxylation is 1. The van der Waals surface area contributed by atoms with Crippen LogP contribution in [-0.4, -0.2) is 71.1 Å². The van der Waals surface area contributed by atoms with Crippen LogP contribution in [0, 0.1) is 6.92 Å². The van der Waals surface area contributed by atoms with Gasteiger partial charge >= 0.3 is 0 Å². The highest BCUT2D eigenvalue weighted by Gasteiger charge is 2.46. The number of hydrogen-bond acceptors (Lipinski definition) is 6. The summed E-state index contributed by atoms with van der Waals surface area (Å²) < 4.78 is 5.38. The van der Waals surface area contributed by atoms with Crippen molar-refractivity contribution in [2.45, 2.75) is 19.4 Å². The number of morpholine rings is 1. The molecule has 33 heavy (non-hydrogen) atoms. The van der Waals surface area contributed by atoms with E-state index in [1.165, 1.54) is 11.0 Å². The van der Waals surface area contributed by atoms with Crippen LogP contribution in [-0.2, 0) is 14.3 Å². The van der Waals surface area contributed by atoms with Crippen molar-refractivity contribution < 1.29 is 24.5 Å². The van der Waals surface area contributed by atoms with Crippen LogP contribution in [0.5, 0.6) is 5.75 Å². The highest BCUT2D eigenvalue weighted by atomic mass is 35.5. The fourth-order valence-electron chi connectivity index (χ4n) is 4.38. The van der Waals surface area contributed by atoms with Crippen molar-refractivity contribution in [1.82, 2.24) is 9.80 Å². The second-order valence-electron chi connectivity index (χ2n) is 8.37. The van der Waals surface area contributed by atoms with Crippen LogP contribution in [0.1, 0.15) is 29.2 Å². The minimum atomic E-state index is -0.771. The third-order valence-electron chi connectivity index (χ3n) is 6.11. The number of carbonyl (C=O) groups is 2. The summed E-state index contributed by atoms with van der Waals surface area (Å²) in [5, 5.41) is 22.0. The van der Waals surface area contributed by atoms with Gasteiger partial charge in [0.05, 0.1) is 30.4 Å². The molecular weight excluding hydrogens is 444 g/mol. The molecule has 174 valence electrons. The second kappa shape index (κ2) is 9.95. The standard InChI is InChI=1S/C25H27ClN2O5/c1-16-3-8-20(29)19(15-16)23(30)21-22(17-4-6-18(26)7-5-17)28(25(32)24(21)31)10-2-9-27-11-13-33-14-12-27/h3-8,15,22,29-30H,2,9-14H2,1H3. The number of phenols is 1. The number of carbonyl (C=O) groups excluding carboxylic acids is 2. The zero-order valence-electron chi connectivity index (χ0n) is 18.5. The van der Waals surface area contributed by atoms with E-state index in [1.54, 1.807) is 36.4 Å². The molecule has 0 aromatic heterocycles. The quantitative estimate of drug-likeness (QED) is 0.381. The maximum absolute atomic E-state index is 13.1. The average molecular weight is 471 g/mol. The van der Waals surface area contributed by atoms with E-state index in [1.807, 2.05) is 6.92 Å². The van der Waals surface area contributed by atoms with E-state index in [2.05, 4.69) is 4.90 Å². The number of ether oxygens (including phenoxy) is 1. The first-order valence-electron chi connectivity index (χ1n) is 11.0. The summed E-state index contributed by atoms with van der Waals surface area (Å²) in [5.41, 5.74) is 1.56. The summed E-state index contributed by atoms with van der Waals surface area (Å²) in [4.78, 5) is 29.9. The van der Waals surface area contributed by atoms with E-state index in [9.17, 15) is 19.8 Å². The molecule has 2 aliphatic heterocycles. The Morgan fingerprint density at radius 1 is 1.09 bits per heavy atom. The number of halogens is 1. The third kappa shape index (κ3) is 4.90. The molecule has 2 aliphatic rings. The van der Waals surface area contributed by atoms with Crippen LogP contribution >= 0.6 is 11.6 Å². The van der Waals surface area contributed by atoms with E-state index in [-0.39, 0.29) is 22.6 Å². The molecule has 2 aromatic carbocycles. The lowest BCUT2D eigenvalue weighted by molar-refractivity contribution is -0.140. The minimum Gasteiger partial charge on any atom is -0.507 e. The van der Waals surface area contributed by atoms with E-state index in [4.69, 9.17) is 16.3 Å². The molecule has 2 aromatic rings. The molecule has 0 saturated carbocycles. The number of aromatic hydroxyl groups is 1. The number of Topliss-reactive ketones (excluding diaryl/α,β-unsaturated/α-hetero) is 1. The molecule has 0 bridgehead atoms. The van der Waals surface area contributed by atoms with E-state index in [0.717, 1.165) is 25.2 Å². The lowest BCUT2D eigenvalue weighted by atomic mass is 9.94. The number of aliphatic hydroxyl groups is 1. The number of benzene rings is 2. The van der Waals surface area contributed by atoms with Gasteiger partial charge in [0.15, 0.2) is 0 Å². The fraction of sp³-hybridized carbons (Fsp3) is 0.360. The molecule has 1 amide bonds. The number of phenolic OH excluding ortho intramolecular Hbond substituents is 1. The molecular formula is C25H27ClN2O5. The summed E-state index contributed by atoms with van der Waals surface area (Å²) in [6.07, 6.45) is 0.673. The summed E-state index contributed by atoms with van der Waals surface area (Å²) in [5.74, 6) is -1.97. The molecule has 7 nitrogen and oxygen atoms in total. The van der Waals surface area contributed by atoms with Crippen molar-refractivity contribution in [3.8, 4) is 5.75 Å². The zero-order valence-corrected chi connectivity index (χ0v) is 19.2. The summed E-state index contributed by atoms with van der Waals surface area (Å²) in [6.45, 7) is 6.00. The van der Waals surface area contributed by atoms with E-state index in [0.29, 0.717) is 36.8 Å². The highest BCUT2D eigenvalue weighted by Crippen LogP contribution is 2.41. The number of rotatable bonds is 6. The van der Waals surface area contributed by atoms with Crippen LogP contribution in [0.25, 0.3) is 5.76 Å². The Morgan fingerprint density at radius 2 is 1.79 bits per heavy atom. The van der Waals surface area contributed by atoms with Gasteiger partial charge in [0.25, 0.3) is 11.7 Å². The molecule has 8 heteroatoms. The Kier molecular flexibility index (Phi) is 7.02. The van der Waals surface area contributed by atoms with E-state index >= 15 is 0 Å². The van der Waals surface area contributed by atoms with Crippen molar-refractivity contribution in [3.63, 3.8) is 0 Å². The first kappa shape index (κ1) is 23.3. The average Bonchev–Trinajstić information content (AvgIpc) is 3.06. The van der Waals surface area contributed by atoms with Gasteiger partial charge in [-0.25, -0.2) is 0 Å². The van der Waals surface area contributed by atoms with Crippen LogP contribution in [0.3, 0.4) is 0 Å². The smallest absolute Gasteiger partial charge is 0.295 e. The molecule has 1 unspecified atom stereocenters. The Balaban J connectivity index is 1.70. The number of likely N-dealkylation sites (tertiary alicyclic amines) is 1. The van der Waals surface area contributed by atoms with Crippen molar-refractivity contribution in [1.29, 1.82) is 0 Å². The van der Waals surface area contributed by atoms with Crippen LogP contribution in [0.15, 0.2) is 48.0 Å². The first-order chi connectivity index (χ1) is 15.9. The first-order valence-corrected chi connectivity index (χ1v) is 11.4. The Labute approximate surface area is 197 Å². The number of ketones is 1. The molecule has 1 atom stereocenters. The van der Waals surface area contributed by atoms with Gasteiger partial charge in [0, 0.05) is 31.2 Å². The summed E-state index contributed by atoms with van der Waals surface area (Å²) >= 11 is 6.06. The Hall–Kier alpha value is -2.87. The van der Waals surface area contributed by atoms with Crippen LogP contribution in [0.2, 0.25) is 5.02 Å². The SMILES string of the molecule is Cc1ccc(O)c(C(O)=C2C(=O)C(=O)N(CCCN3CCOCC3)C2c2ccc(Cl)cc2)c1. The van der Waals surface area contributed by atoms with Gasteiger partial charge in [-0.3, -0.25) is 14.5 Å². The largest absolute Gasteiger partial charge is 0.507 e. The lowest BCUT2D eigenvalue weighted by Gasteiger charge is -2.29. The van der Waals surface area contributed by atoms with Gasteiger partial charge in [0.1, 0.15) is 11.5 Å². The summed E-state index contributed by atoms with van der Waals surface area (Å²) in [6, 6.07) is 10.9. The molecule has 2 heterocycles. The summed E-state index contributed by atoms with van der Waals surface area (Å²) in [7, 11) is 0. The third-order valence-corrected chi connectivity index (χ3v) is 6.36. The molecule has 0 aliphatic carbocycles. The normalized spacial score (nSPS) is 21.0. The van der Waals surface area contributed by atoms with Gasteiger partial charge < -0.3 is 19.8 Å². The van der Waals surface area contributed by atoms with Crippen molar-refractivity contribution in [2.75, 3.05) is 39.4 Å². The fourth-order valence-corrected chi connectivity index (χ4v) is 4.50. The van der Waals surface area contributed by atoms with Crippen molar-refractivity contribution >= 4 is 29.1 Å². The van der Waals surface area contributed by atoms with Gasteiger partial charge in [-0.15, -0.1) is 0 Å². The maximum Gasteiger partial charge on any atom is 0.295 e. The van der Waals surface area contributed by atoms with Gasteiger partial charge in [-0.1, -0.05) is 35.4 Å². The number of hydrogen-bond donors (Lipinski definition) is 2. The van der Waals surface area contributed by atoms with Crippen molar-refractivity contribution in [3.05, 3.63) is 69.8 Å². The minimum absolute atomic E-state index is 0.0328. The predicted octanol–water partition coefficient (Wildman–Crippen LogP) is 3.50. The monoisotopic (exact) mass is 470 g/mol. The number of nitrogens with zero attached hydrogens (tertiary/aromatic N) is 2. The van der Waals surface area contributed by atoms with Gasteiger partial charge in [-0.05, 0) is 43.2 Å². The Bertz CT molecular complexity index is 1080. The molecule has 4 rings (SSSR count). The molecule has 2 fully saturated rings. The Morgan fingerprint density at radius 3 is 2.48 bits per heavy atom. The number of amides is 1. The van der Waals surface area contributed by atoms with Gasteiger partial charge in [-0.2, -0.15) is 0 Å². The zero-order chi connectivity index (χ0) is 23.5. The molecule has 2 saturated heterocycles. The topological polar surface area (TPSA) is 90.3 Å². The molecule has 0 radical (unpaired) electrons. The van der Waals surface area contributed by atoms with Crippen LogP contribution in [0.4, 0.5) is 0 Å².